The number of anilines is 1. The van der Waals surface area contributed by atoms with Crippen molar-refractivity contribution >= 4 is 40.7 Å². The van der Waals surface area contributed by atoms with Crippen LogP contribution in [-0.4, -0.2) is 23.3 Å². The molecule has 1 heterocycles. The summed E-state index contributed by atoms with van der Waals surface area (Å²) in [6.07, 6.45) is 0. The van der Waals surface area contributed by atoms with Crippen LogP contribution >= 0.6 is 23.2 Å². The molecule has 4 nitrogen and oxygen atoms in total. The molecule has 0 saturated heterocycles. The molecule has 0 bridgehead atoms. The fourth-order valence-corrected chi connectivity index (χ4v) is 4.01. The van der Waals surface area contributed by atoms with Crippen LogP contribution in [0.15, 0.2) is 60.7 Å². The third kappa shape index (κ3) is 3.91. The predicted molar refractivity (Wildman–Crippen MR) is 116 cm³/mol. The molecule has 0 fully saturated rings. The number of carbonyl (C=O) groups excluding carboxylic acids is 2. The Labute approximate surface area is 183 Å². The van der Waals surface area contributed by atoms with Gasteiger partial charge >= 0.3 is 0 Å². The minimum Gasteiger partial charge on any atom is -0.324 e. The van der Waals surface area contributed by atoms with Gasteiger partial charge in [-0.25, -0.2) is 4.39 Å². The lowest BCUT2D eigenvalue weighted by Gasteiger charge is -2.31. The largest absolute Gasteiger partial charge is 0.324 e. The molecule has 0 aliphatic carbocycles. The number of nitrogens with zero attached hydrogens (tertiary/aromatic N) is 1. The van der Waals surface area contributed by atoms with Crippen LogP contribution < -0.4 is 5.32 Å². The van der Waals surface area contributed by atoms with Gasteiger partial charge in [0.2, 0.25) is 5.91 Å². The average Bonchev–Trinajstić information content (AvgIpc) is 2.85. The van der Waals surface area contributed by atoms with Crippen LogP contribution in [0.3, 0.4) is 0 Å². The fourth-order valence-electron chi connectivity index (χ4n) is 3.64. The van der Waals surface area contributed by atoms with Gasteiger partial charge in [-0.15, -0.1) is 0 Å². The number of hydrogen-bond acceptors (Lipinski definition) is 2. The van der Waals surface area contributed by atoms with Gasteiger partial charge in [-0.3, -0.25) is 9.59 Å². The van der Waals surface area contributed by atoms with Crippen molar-refractivity contribution in [3.63, 3.8) is 0 Å². The van der Waals surface area contributed by atoms with Crippen LogP contribution in [0.2, 0.25) is 10.0 Å². The summed E-state index contributed by atoms with van der Waals surface area (Å²) >= 11 is 12.4. The summed E-state index contributed by atoms with van der Waals surface area (Å²) in [5, 5.41) is 3.45. The first-order valence-corrected chi connectivity index (χ1v) is 10.0. The molecule has 2 amide bonds. The van der Waals surface area contributed by atoms with E-state index in [0.29, 0.717) is 16.3 Å². The third-order valence-electron chi connectivity index (χ3n) is 5.01. The van der Waals surface area contributed by atoms with E-state index in [1.807, 2.05) is 19.1 Å². The van der Waals surface area contributed by atoms with Gasteiger partial charge in [-0.2, -0.15) is 0 Å². The minimum atomic E-state index is -0.623. The molecule has 1 N–H and O–H groups in total. The highest BCUT2D eigenvalue weighted by atomic mass is 35.5. The Hall–Kier alpha value is -2.89. The maximum Gasteiger partial charge on any atom is 0.256 e. The zero-order chi connectivity index (χ0) is 21.4. The maximum absolute atomic E-state index is 13.6. The van der Waals surface area contributed by atoms with Gasteiger partial charge in [0.1, 0.15) is 12.4 Å². The Kier molecular flexibility index (Phi) is 5.50. The molecule has 0 saturated carbocycles. The van der Waals surface area contributed by atoms with Gasteiger partial charge in [0.25, 0.3) is 5.91 Å². The van der Waals surface area contributed by atoms with Gasteiger partial charge in [0, 0.05) is 16.3 Å². The van der Waals surface area contributed by atoms with E-state index in [2.05, 4.69) is 5.32 Å². The molecular weight excluding hydrogens is 426 g/mol. The van der Waals surface area contributed by atoms with Crippen molar-refractivity contribution in [1.82, 2.24) is 4.90 Å². The lowest BCUT2D eigenvalue weighted by Crippen LogP contribution is -2.39. The lowest BCUT2D eigenvalue weighted by molar-refractivity contribution is -0.117. The minimum absolute atomic E-state index is 0.195. The first-order valence-electron chi connectivity index (χ1n) is 9.25. The second kappa shape index (κ2) is 8.09. The van der Waals surface area contributed by atoms with Gasteiger partial charge in [0.05, 0.1) is 16.6 Å². The van der Waals surface area contributed by atoms with Gasteiger partial charge in [-0.05, 0) is 48.9 Å². The van der Waals surface area contributed by atoms with Crippen LogP contribution in [0.1, 0.15) is 33.1 Å². The van der Waals surface area contributed by atoms with Gasteiger partial charge < -0.3 is 10.2 Å². The van der Waals surface area contributed by atoms with E-state index in [9.17, 15) is 14.0 Å². The van der Waals surface area contributed by atoms with Crippen molar-refractivity contribution in [2.45, 2.75) is 13.0 Å². The van der Waals surface area contributed by atoms with Crippen LogP contribution in [0.5, 0.6) is 0 Å². The molecule has 0 unspecified atom stereocenters. The van der Waals surface area contributed by atoms with Crippen molar-refractivity contribution in [3.05, 3.63) is 98.8 Å². The topological polar surface area (TPSA) is 49.4 Å². The Morgan fingerprint density at radius 3 is 2.53 bits per heavy atom. The molecule has 7 heteroatoms. The molecular formula is C23H17Cl2FN2O2. The van der Waals surface area contributed by atoms with Crippen LogP contribution in [0.25, 0.3) is 0 Å². The molecule has 1 aliphatic heterocycles. The molecule has 0 spiro atoms. The third-order valence-corrected chi connectivity index (χ3v) is 5.57. The molecule has 0 aromatic heterocycles. The Morgan fingerprint density at radius 2 is 1.80 bits per heavy atom. The number of carbonyl (C=O) groups is 2. The van der Waals surface area contributed by atoms with Crippen LogP contribution in [-0.2, 0) is 4.79 Å². The molecule has 3 aromatic carbocycles. The van der Waals surface area contributed by atoms with E-state index in [1.54, 1.807) is 30.3 Å². The molecule has 3 aromatic rings. The summed E-state index contributed by atoms with van der Waals surface area (Å²) in [6.45, 7) is 1.73. The van der Waals surface area contributed by atoms with Gasteiger partial charge in [0.15, 0.2) is 0 Å². The fraction of sp³-hybridized carbons (Fsp3) is 0.130. The second-order valence-electron chi connectivity index (χ2n) is 7.15. The van der Waals surface area contributed by atoms with Crippen molar-refractivity contribution in [1.29, 1.82) is 0 Å². The molecule has 1 atom stereocenters. The summed E-state index contributed by atoms with van der Waals surface area (Å²) in [5.74, 6) is -1.17. The highest BCUT2D eigenvalue weighted by Crippen LogP contribution is 2.38. The smallest absolute Gasteiger partial charge is 0.256 e. The van der Waals surface area contributed by atoms with Crippen molar-refractivity contribution in [2.75, 3.05) is 11.9 Å². The first-order chi connectivity index (χ1) is 14.3. The Morgan fingerprint density at radius 1 is 1.07 bits per heavy atom. The van der Waals surface area contributed by atoms with E-state index in [-0.39, 0.29) is 28.9 Å². The van der Waals surface area contributed by atoms with E-state index >= 15 is 0 Å². The summed E-state index contributed by atoms with van der Waals surface area (Å²) in [5.41, 5.74) is 3.17. The van der Waals surface area contributed by atoms with E-state index < -0.39 is 11.9 Å². The van der Waals surface area contributed by atoms with Crippen LogP contribution in [0, 0.1) is 12.7 Å². The normalized spacial score (nSPS) is 15.9. The zero-order valence-corrected chi connectivity index (χ0v) is 17.5. The number of nitrogens with one attached hydrogen (secondary N) is 1. The number of amides is 2. The number of hydrogen-bond donors (Lipinski definition) is 1. The summed E-state index contributed by atoms with van der Waals surface area (Å²) in [6, 6.07) is 15.5. The molecule has 1 aliphatic rings. The maximum atomic E-state index is 13.6. The number of fused-ring (bicyclic) bond motifs is 1. The van der Waals surface area contributed by atoms with Crippen LogP contribution in [0.4, 0.5) is 10.1 Å². The number of benzene rings is 3. The number of halogens is 3. The molecule has 0 radical (unpaired) electrons. The monoisotopic (exact) mass is 442 g/mol. The molecule has 30 heavy (non-hydrogen) atoms. The molecule has 152 valence electrons. The standard InChI is InChI=1S/C23H17Cl2FN2O2/c1-13-2-9-20-18(10-13)22(14-3-6-16(26)7-4-14)28(12-21(29)27-20)23(30)17-11-15(24)5-8-19(17)25/h2-11,22H,12H2,1H3,(H,27,29)/t22-/m1/s1. The average molecular weight is 443 g/mol. The highest BCUT2D eigenvalue weighted by molar-refractivity contribution is 6.35. The summed E-state index contributed by atoms with van der Waals surface area (Å²) in [4.78, 5) is 27.6. The molecule has 4 rings (SSSR count). The summed E-state index contributed by atoms with van der Waals surface area (Å²) in [7, 11) is 0. The number of aryl methyl sites for hydroxylation is 1. The van der Waals surface area contributed by atoms with E-state index in [1.165, 1.54) is 23.1 Å². The van der Waals surface area contributed by atoms with Gasteiger partial charge in [-0.1, -0.05) is 53.0 Å². The Balaban J connectivity index is 1.92. The van der Waals surface area contributed by atoms with E-state index in [0.717, 1.165) is 11.1 Å². The van der Waals surface area contributed by atoms with Crippen molar-refractivity contribution < 1.29 is 14.0 Å². The van der Waals surface area contributed by atoms with Crippen molar-refractivity contribution in [3.8, 4) is 0 Å². The van der Waals surface area contributed by atoms with E-state index in [4.69, 9.17) is 23.2 Å². The quantitative estimate of drug-likeness (QED) is 0.559. The zero-order valence-electron chi connectivity index (χ0n) is 16.0. The predicted octanol–water partition coefficient (Wildman–Crippen LogP) is 5.62. The Bertz CT molecular complexity index is 1150. The highest BCUT2D eigenvalue weighted by Gasteiger charge is 2.34. The second-order valence-corrected chi connectivity index (χ2v) is 7.99. The lowest BCUT2D eigenvalue weighted by atomic mass is 9.94. The summed E-state index contributed by atoms with van der Waals surface area (Å²) < 4.78 is 13.6. The SMILES string of the molecule is Cc1ccc2c(c1)[C@@H](c1ccc(F)cc1)N(C(=O)c1cc(Cl)ccc1Cl)CC(=O)N2. The number of rotatable bonds is 2. The van der Waals surface area contributed by atoms with Crippen molar-refractivity contribution in [2.24, 2.45) is 0 Å². The first kappa shape index (κ1) is 20.4.